The molecule has 2 aromatic carbocycles. The van der Waals surface area contributed by atoms with Gasteiger partial charge in [-0.15, -0.1) is 0 Å². The first-order valence-corrected chi connectivity index (χ1v) is 9.05. The molecule has 0 aliphatic heterocycles. The molecule has 0 unspecified atom stereocenters. The molecule has 1 amide bonds. The Hall–Kier alpha value is -2.49. The molecule has 2 rings (SSSR count). The van der Waals surface area contributed by atoms with Crippen molar-refractivity contribution in [2.24, 2.45) is 0 Å². The average Bonchev–Trinajstić information content (AvgIpc) is 2.66. The lowest BCUT2D eigenvalue weighted by atomic mass is 9.99. The van der Waals surface area contributed by atoms with Gasteiger partial charge < -0.3 is 14.8 Å². The smallest absolute Gasteiger partial charge is 0.220 e. The van der Waals surface area contributed by atoms with Crippen molar-refractivity contribution in [3.05, 3.63) is 58.7 Å². The number of hydrogen-bond donors (Lipinski definition) is 1. The molecule has 4 heteroatoms. The summed E-state index contributed by atoms with van der Waals surface area (Å²) in [6.45, 7) is 6.29. The molecule has 0 bridgehead atoms. The van der Waals surface area contributed by atoms with Crippen molar-refractivity contribution in [2.45, 2.75) is 46.1 Å². The molecule has 0 radical (unpaired) electrons. The third-order valence-electron chi connectivity index (χ3n) is 4.77. The summed E-state index contributed by atoms with van der Waals surface area (Å²) in [6.07, 6.45) is 1.97. The average molecular weight is 355 g/mol. The van der Waals surface area contributed by atoms with E-state index in [2.05, 4.69) is 44.3 Å². The van der Waals surface area contributed by atoms with Crippen LogP contribution in [0.1, 0.15) is 48.1 Å². The maximum Gasteiger partial charge on any atom is 0.220 e. The van der Waals surface area contributed by atoms with E-state index in [1.165, 1.54) is 11.1 Å². The summed E-state index contributed by atoms with van der Waals surface area (Å²) in [5.74, 6) is 1.44. The predicted octanol–water partition coefficient (Wildman–Crippen LogP) is 4.52. The fourth-order valence-electron chi connectivity index (χ4n) is 2.96. The third-order valence-corrected chi connectivity index (χ3v) is 4.77. The Morgan fingerprint density at radius 2 is 1.73 bits per heavy atom. The number of methoxy groups -OCH3 is 2. The Labute approximate surface area is 156 Å². The van der Waals surface area contributed by atoms with E-state index < -0.39 is 0 Å². The number of hydrogen-bond acceptors (Lipinski definition) is 3. The second kappa shape index (κ2) is 9.27. The van der Waals surface area contributed by atoms with Crippen LogP contribution in [0.25, 0.3) is 0 Å². The van der Waals surface area contributed by atoms with Crippen LogP contribution in [-0.2, 0) is 11.2 Å². The van der Waals surface area contributed by atoms with Crippen molar-refractivity contribution in [1.82, 2.24) is 5.32 Å². The fraction of sp³-hybridized carbons (Fsp3) is 0.409. The van der Waals surface area contributed by atoms with Crippen LogP contribution in [0, 0.1) is 13.8 Å². The van der Waals surface area contributed by atoms with Gasteiger partial charge in [0.05, 0.1) is 20.3 Å². The van der Waals surface area contributed by atoms with Crippen LogP contribution in [0.15, 0.2) is 36.4 Å². The van der Waals surface area contributed by atoms with Gasteiger partial charge in [-0.25, -0.2) is 0 Å². The molecular weight excluding hydrogens is 326 g/mol. The molecule has 0 aromatic heterocycles. The highest BCUT2D eigenvalue weighted by molar-refractivity contribution is 5.76. The third kappa shape index (κ3) is 5.01. The fourth-order valence-corrected chi connectivity index (χ4v) is 2.96. The maximum absolute atomic E-state index is 12.4. The minimum Gasteiger partial charge on any atom is -0.493 e. The number of nitrogens with one attached hydrogen (secondary N) is 1. The highest BCUT2D eigenvalue weighted by atomic mass is 16.5. The maximum atomic E-state index is 12.4. The van der Waals surface area contributed by atoms with Gasteiger partial charge in [0.2, 0.25) is 5.91 Å². The second-order valence-corrected chi connectivity index (χ2v) is 6.56. The summed E-state index contributed by atoms with van der Waals surface area (Å²) >= 11 is 0. The van der Waals surface area contributed by atoms with Crippen LogP contribution in [-0.4, -0.2) is 20.1 Å². The number of amides is 1. The number of carbonyl (C=O) groups is 1. The zero-order valence-corrected chi connectivity index (χ0v) is 16.4. The molecule has 140 valence electrons. The Bertz CT molecular complexity index is 755. The lowest BCUT2D eigenvalue weighted by molar-refractivity contribution is -0.121. The summed E-state index contributed by atoms with van der Waals surface area (Å²) in [5.41, 5.74) is 4.73. The van der Waals surface area contributed by atoms with Gasteiger partial charge in [0.25, 0.3) is 0 Å². The largest absolute Gasteiger partial charge is 0.493 e. The summed E-state index contributed by atoms with van der Waals surface area (Å²) < 4.78 is 10.6. The van der Waals surface area contributed by atoms with E-state index in [-0.39, 0.29) is 11.9 Å². The molecular formula is C22H29NO3. The van der Waals surface area contributed by atoms with Crippen molar-refractivity contribution in [1.29, 1.82) is 0 Å². The van der Waals surface area contributed by atoms with Gasteiger partial charge in [0.15, 0.2) is 11.5 Å². The van der Waals surface area contributed by atoms with Crippen molar-refractivity contribution < 1.29 is 14.3 Å². The summed E-state index contributed by atoms with van der Waals surface area (Å²) in [5, 5.41) is 3.16. The number of aryl methyl sites for hydroxylation is 3. The quantitative estimate of drug-likeness (QED) is 0.757. The van der Waals surface area contributed by atoms with Crippen LogP contribution in [0.2, 0.25) is 0 Å². The lowest BCUT2D eigenvalue weighted by Gasteiger charge is -2.19. The normalized spacial score (nSPS) is 11.7. The van der Waals surface area contributed by atoms with Crippen molar-refractivity contribution in [3.8, 4) is 11.5 Å². The zero-order chi connectivity index (χ0) is 19.1. The first-order valence-electron chi connectivity index (χ1n) is 9.05. The van der Waals surface area contributed by atoms with Crippen LogP contribution in [0.4, 0.5) is 0 Å². The SMILES string of the molecule is CC[C@@H](NC(=O)CCc1ccc(OC)c(OC)c1)c1ccc(C)c(C)c1. The lowest BCUT2D eigenvalue weighted by Crippen LogP contribution is -2.28. The van der Waals surface area contributed by atoms with E-state index in [9.17, 15) is 4.79 Å². The molecule has 0 fully saturated rings. The molecule has 2 aromatic rings. The molecule has 4 nitrogen and oxygen atoms in total. The van der Waals surface area contributed by atoms with E-state index >= 15 is 0 Å². The van der Waals surface area contributed by atoms with Gasteiger partial charge in [-0.2, -0.15) is 0 Å². The molecule has 0 saturated carbocycles. The minimum atomic E-state index is 0.0483. The minimum absolute atomic E-state index is 0.0483. The monoisotopic (exact) mass is 355 g/mol. The Morgan fingerprint density at radius 1 is 1.00 bits per heavy atom. The number of ether oxygens (including phenoxy) is 2. The number of carbonyl (C=O) groups excluding carboxylic acids is 1. The molecule has 0 saturated heterocycles. The standard InChI is InChI=1S/C22H29NO3/c1-6-19(18-10-7-15(2)16(3)13-18)23-22(24)12-9-17-8-11-20(25-4)21(14-17)26-5/h7-8,10-11,13-14,19H,6,9,12H2,1-5H3,(H,23,24)/t19-/m1/s1. The van der Waals surface area contributed by atoms with E-state index in [0.717, 1.165) is 17.5 Å². The number of rotatable bonds is 8. The van der Waals surface area contributed by atoms with Crippen LogP contribution in [0.3, 0.4) is 0 Å². The first-order chi connectivity index (χ1) is 12.5. The molecule has 1 N–H and O–H groups in total. The first kappa shape index (κ1) is 19.8. The van der Waals surface area contributed by atoms with Gasteiger partial charge in [-0.1, -0.05) is 31.2 Å². The van der Waals surface area contributed by atoms with Gasteiger partial charge in [0.1, 0.15) is 0 Å². The van der Waals surface area contributed by atoms with Gasteiger partial charge in [-0.3, -0.25) is 4.79 Å². The summed E-state index contributed by atoms with van der Waals surface area (Å²) in [7, 11) is 3.23. The molecule has 0 heterocycles. The Morgan fingerprint density at radius 3 is 2.35 bits per heavy atom. The van der Waals surface area contributed by atoms with Crippen molar-refractivity contribution in [2.75, 3.05) is 14.2 Å². The van der Waals surface area contributed by atoms with E-state index in [0.29, 0.717) is 24.3 Å². The van der Waals surface area contributed by atoms with E-state index in [1.54, 1.807) is 14.2 Å². The van der Waals surface area contributed by atoms with E-state index in [4.69, 9.17) is 9.47 Å². The second-order valence-electron chi connectivity index (χ2n) is 6.56. The molecule has 0 aliphatic rings. The molecule has 1 atom stereocenters. The Kier molecular flexibility index (Phi) is 7.07. The molecule has 0 aliphatic carbocycles. The van der Waals surface area contributed by atoms with Gasteiger partial charge in [-0.05, 0) is 61.1 Å². The molecule has 26 heavy (non-hydrogen) atoms. The van der Waals surface area contributed by atoms with Crippen LogP contribution in [0.5, 0.6) is 11.5 Å². The predicted molar refractivity (Wildman–Crippen MR) is 105 cm³/mol. The summed E-state index contributed by atoms with van der Waals surface area (Å²) in [6, 6.07) is 12.2. The van der Waals surface area contributed by atoms with Gasteiger partial charge in [0, 0.05) is 6.42 Å². The van der Waals surface area contributed by atoms with Crippen molar-refractivity contribution >= 4 is 5.91 Å². The Balaban J connectivity index is 1.97. The topological polar surface area (TPSA) is 47.6 Å². The highest BCUT2D eigenvalue weighted by Gasteiger charge is 2.14. The van der Waals surface area contributed by atoms with Crippen LogP contribution < -0.4 is 14.8 Å². The highest BCUT2D eigenvalue weighted by Crippen LogP contribution is 2.28. The van der Waals surface area contributed by atoms with Crippen molar-refractivity contribution in [3.63, 3.8) is 0 Å². The van der Waals surface area contributed by atoms with Gasteiger partial charge >= 0.3 is 0 Å². The summed E-state index contributed by atoms with van der Waals surface area (Å²) in [4.78, 5) is 12.4. The van der Waals surface area contributed by atoms with Crippen LogP contribution >= 0.6 is 0 Å². The van der Waals surface area contributed by atoms with E-state index in [1.807, 2.05) is 18.2 Å². The molecule has 0 spiro atoms. The zero-order valence-electron chi connectivity index (χ0n) is 16.4. The number of benzene rings is 2.